The lowest BCUT2D eigenvalue weighted by atomic mass is 10.1. The molecule has 4 heteroatoms. The van der Waals surface area contributed by atoms with Crippen LogP contribution < -0.4 is 5.32 Å². The van der Waals surface area contributed by atoms with E-state index in [9.17, 15) is 0 Å². The number of likely N-dealkylation sites (N-methyl/N-ethyl adjacent to an activating group) is 1. The third kappa shape index (κ3) is 2.98. The first-order valence-corrected chi connectivity index (χ1v) is 9.20. The molecule has 0 aliphatic heterocycles. The number of thiophene rings is 2. The second-order valence-electron chi connectivity index (χ2n) is 4.69. The van der Waals surface area contributed by atoms with E-state index in [1.54, 1.807) is 0 Å². The van der Waals surface area contributed by atoms with Gasteiger partial charge in [-0.1, -0.05) is 25.1 Å². The van der Waals surface area contributed by atoms with Gasteiger partial charge in [0.2, 0.25) is 0 Å². The average molecular weight is 366 g/mol. The molecular weight excluding hydrogens is 350 g/mol. The van der Waals surface area contributed by atoms with Crippen LogP contribution in [0.3, 0.4) is 0 Å². The normalized spacial score (nSPS) is 12.9. The van der Waals surface area contributed by atoms with Crippen molar-refractivity contribution in [1.29, 1.82) is 0 Å². The van der Waals surface area contributed by atoms with Crippen molar-refractivity contribution in [2.24, 2.45) is 0 Å². The molecule has 0 fully saturated rings. The lowest BCUT2D eigenvalue weighted by Gasteiger charge is -2.15. The summed E-state index contributed by atoms with van der Waals surface area (Å²) in [5, 5.41) is 7.12. The lowest BCUT2D eigenvalue weighted by molar-refractivity contribution is 0.561. The quantitative estimate of drug-likeness (QED) is 0.618. The highest BCUT2D eigenvalue weighted by Crippen LogP contribution is 2.34. The molecule has 104 valence electrons. The lowest BCUT2D eigenvalue weighted by Crippen LogP contribution is -2.21. The van der Waals surface area contributed by atoms with Gasteiger partial charge in [-0.3, -0.25) is 0 Å². The van der Waals surface area contributed by atoms with Crippen molar-refractivity contribution in [2.45, 2.75) is 19.4 Å². The minimum Gasteiger partial charge on any atom is -0.309 e. The maximum Gasteiger partial charge on any atom is 0.0464 e. The number of fused-ring (bicyclic) bond motifs is 1. The molecule has 0 radical (unpaired) electrons. The molecule has 1 atom stereocenters. The Kier molecular flexibility index (Phi) is 4.56. The summed E-state index contributed by atoms with van der Waals surface area (Å²) < 4.78 is 2.60. The van der Waals surface area contributed by atoms with Crippen LogP contribution in [0, 0.1) is 0 Å². The van der Waals surface area contributed by atoms with Gasteiger partial charge in [0, 0.05) is 31.4 Å². The molecule has 0 aliphatic rings. The highest BCUT2D eigenvalue weighted by Gasteiger charge is 2.16. The van der Waals surface area contributed by atoms with Crippen LogP contribution in [0.15, 0.2) is 46.3 Å². The zero-order valence-electron chi connectivity index (χ0n) is 11.2. The Morgan fingerprint density at radius 1 is 1.25 bits per heavy atom. The van der Waals surface area contributed by atoms with Crippen LogP contribution in [0.25, 0.3) is 10.1 Å². The van der Waals surface area contributed by atoms with Crippen LogP contribution in [0.2, 0.25) is 0 Å². The molecular formula is C16H16BrNS2. The van der Waals surface area contributed by atoms with Gasteiger partial charge < -0.3 is 5.32 Å². The van der Waals surface area contributed by atoms with E-state index in [-0.39, 0.29) is 0 Å². The van der Waals surface area contributed by atoms with E-state index in [0.717, 1.165) is 13.0 Å². The highest BCUT2D eigenvalue weighted by atomic mass is 79.9. The minimum absolute atomic E-state index is 0.396. The van der Waals surface area contributed by atoms with Gasteiger partial charge in [0.1, 0.15) is 0 Å². The Labute approximate surface area is 135 Å². The van der Waals surface area contributed by atoms with Crippen LogP contribution in [0.4, 0.5) is 0 Å². The van der Waals surface area contributed by atoms with Crippen LogP contribution in [0.1, 0.15) is 22.7 Å². The maximum atomic E-state index is 3.64. The zero-order chi connectivity index (χ0) is 13.9. The molecule has 0 saturated carbocycles. The SMILES string of the molecule is CCNC(Cc1sccc1Br)c1cc2ccccc2s1. The second kappa shape index (κ2) is 6.39. The minimum atomic E-state index is 0.396. The molecule has 0 spiro atoms. The Morgan fingerprint density at radius 2 is 2.10 bits per heavy atom. The zero-order valence-corrected chi connectivity index (χ0v) is 14.4. The van der Waals surface area contributed by atoms with Crippen molar-refractivity contribution in [2.75, 3.05) is 6.54 Å². The van der Waals surface area contributed by atoms with Gasteiger partial charge in [0.15, 0.2) is 0 Å². The molecule has 3 rings (SSSR count). The first-order valence-electron chi connectivity index (χ1n) is 6.71. The van der Waals surface area contributed by atoms with Crippen LogP contribution in [0.5, 0.6) is 0 Å². The topological polar surface area (TPSA) is 12.0 Å². The summed E-state index contributed by atoms with van der Waals surface area (Å²) in [6.45, 7) is 3.16. The van der Waals surface area contributed by atoms with Crippen molar-refractivity contribution in [3.63, 3.8) is 0 Å². The van der Waals surface area contributed by atoms with Crippen LogP contribution in [-0.4, -0.2) is 6.54 Å². The number of nitrogens with one attached hydrogen (secondary N) is 1. The Balaban J connectivity index is 1.91. The molecule has 3 aromatic rings. The standard InChI is InChI=1S/C16H16BrNS2/c1-2-18-13(10-15-12(17)7-8-19-15)16-9-11-5-3-4-6-14(11)20-16/h3-9,13,18H,2,10H2,1H3. The highest BCUT2D eigenvalue weighted by molar-refractivity contribution is 9.10. The van der Waals surface area contributed by atoms with Gasteiger partial charge in [-0.05, 0) is 51.4 Å². The summed E-state index contributed by atoms with van der Waals surface area (Å²) >= 11 is 7.36. The fraction of sp³-hybridized carbons (Fsp3) is 0.250. The van der Waals surface area contributed by atoms with Gasteiger partial charge in [0.05, 0.1) is 0 Å². The summed E-state index contributed by atoms with van der Waals surface area (Å²) in [5.74, 6) is 0. The second-order valence-corrected chi connectivity index (χ2v) is 7.66. The predicted octanol–water partition coefficient (Wildman–Crippen LogP) is 5.62. The largest absolute Gasteiger partial charge is 0.309 e. The maximum absolute atomic E-state index is 3.64. The van der Waals surface area contributed by atoms with Crippen molar-refractivity contribution < 1.29 is 0 Å². The smallest absolute Gasteiger partial charge is 0.0464 e. The molecule has 1 N–H and O–H groups in total. The van der Waals surface area contributed by atoms with E-state index in [4.69, 9.17) is 0 Å². The number of hydrogen-bond acceptors (Lipinski definition) is 3. The van der Waals surface area contributed by atoms with E-state index >= 15 is 0 Å². The fourth-order valence-electron chi connectivity index (χ4n) is 2.35. The van der Waals surface area contributed by atoms with E-state index in [2.05, 4.69) is 69.9 Å². The molecule has 0 aliphatic carbocycles. The number of hydrogen-bond donors (Lipinski definition) is 1. The van der Waals surface area contributed by atoms with E-state index < -0.39 is 0 Å². The number of rotatable bonds is 5. The predicted molar refractivity (Wildman–Crippen MR) is 94.0 cm³/mol. The van der Waals surface area contributed by atoms with Crippen LogP contribution >= 0.6 is 38.6 Å². The van der Waals surface area contributed by atoms with Gasteiger partial charge in [-0.2, -0.15) is 0 Å². The molecule has 0 saturated heterocycles. The fourth-order valence-corrected chi connectivity index (χ4v) is 5.05. The summed E-state index contributed by atoms with van der Waals surface area (Å²) in [6.07, 6.45) is 1.04. The van der Waals surface area contributed by atoms with Gasteiger partial charge in [0.25, 0.3) is 0 Å². The number of benzene rings is 1. The van der Waals surface area contributed by atoms with Crippen molar-refractivity contribution in [1.82, 2.24) is 5.32 Å². The molecule has 0 bridgehead atoms. The molecule has 20 heavy (non-hydrogen) atoms. The number of halogens is 1. The van der Waals surface area contributed by atoms with Crippen molar-refractivity contribution in [3.05, 3.63) is 56.0 Å². The molecule has 2 heterocycles. The van der Waals surface area contributed by atoms with E-state index in [0.29, 0.717) is 6.04 Å². The van der Waals surface area contributed by atoms with Gasteiger partial charge in [-0.25, -0.2) is 0 Å². The summed E-state index contributed by atoms with van der Waals surface area (Å²) in [4.78, 5) is 2.83. The van der Waals surface area contributed by atoms with E-state index in [1.807, 2.05) is 22.7 Å². The first-order chi connectivity index (χ1) is 9.78. The summed E-state index contributed by atoms with van der Waals surface area (Å²) in [6, 6.07) is 13.5. The van der Waals surface area contributed by atoms with Crippen molar-refractivity contribution >= 4 is 48.7 Å². The Bertz CT molecular complexity index is 668. The molecule has 2 aromatic heterocycles. The third-order valence-corrected chi connectivity index (χ3v) is 6.50. The Morgan fingerprint density at radius 3 is 2.80 bits per heavy atom. The third-order valence-electron chi connectivity index (χ3n) is 3.32. The van der Waals surface area contributed by atoms with E-state index in [1.165, 1.54) is 24.3 Å². The molecule has 0 amide bonds. The van der Waals surface area contributed by atoms with Gasteiger partial charge in [-0.15, -0.1) is 22.7 Å². The molecule has 1 nitrogen and oxygen atoms in total. The summed E-state index contributed by atoms with van der Waals surface area (Å²) in [7, 11) is 0. The monoisotopic (exact) mass is 365 g/mol. The Hall–Kier alpha value is -0.680. The molecule has 1 aromatic carbocycles. The van der Waals surface area contributed by atoms with Crippen LogP contribution in [-0.2, 0) is 6.42 Å². The average Bonchev–Trinajstić information content (AvgIpc) is 3.04. The van der Waals surface area contributed by atoms with Crippen molar-refractivity contribution in [3.8, 4) is 0 Å². The van der Waals surface area contributed by atoms with Gasteiger partial charge >= 0.3 is 0 Å². The first kappa shape index (κ1) is 14.3. The summed E-state index contributed by atoms with van der Waals surface area (Å²) in [5.41, 5.74) is 0. The molecule has 1 unspecified atom stereocenters.